The molecular weight excluding hydrogens is 239 g/mol. The summed E-state index contributed by atoms with van der Waals surface area (Å²) in [5.41, 5.74) is -0.209. The van der Waals surface area contributed by atoms with E-state index < -0.39 is 11.7 Å². The van der Waals surface area contributed by atoms with Crippen LogP contribution in [-0.2, 0) is 5.92 Å². The molecule has 100 valence electrons. The number of benzene rings is 1. The topological polar surface area (TPSA) is 12.0 Å². The zero-order valence-corrected chi connectivity index (χ0v) is 10.3. The van der Waals surface area contributed by atoms with Gasteiger partial charge in [0.25, 0.3) is 5.92 Å². The van der Waals surface area contributed by atoms with Gasteiger partial charge in [-0.3, -0.25) is 0 Å². The van der Waals surface area contributed by atoms with Crippen molar-refractivity contribution in [3.8, 4) is 0 Å². The van der Waals surface area contributed by atoms with Gasteiger partial charge in [-0.15, -0.1) is 0 Å². The van der Waals surface area contributed by atoms with Crippen LogP contribution in [0.2, 0.25) is 0 Å². The van der Waals surface area contributed by atoms with E-state index in [1.807, 2.05) is 0 Å². The summed E-state index contributed by atoms with van der Waals surface area (Å²) in [6.07, 6.45) is 2.34. The Bertz CT molecular complexity index is 384. The largest absolute Gasteiger partial charge is 0.317 e. The van der Waals surface area contributed by atoms with Crippen LogP contribution in [0.3, 0.4) is 0 Å². The monoisotopic (exact) mass is 257 g/mol. The molecule has 0 saturated carbocycles. The fourth-order valence-corrected chi connectivity index (χ4v) is 2.49. The molecule has 1 aliphatic rings. The molecule has 2 rings (SSSR count). The molecule has 0 amide bonds. The Balaban J connectivity index is 2.05. The number of halogens is 3. The maximum absolute atomic E-state index is 14.1. The van der Waals surface area contributed by atoms with Crippen LogP contribution in [0.15, 0.2) is 24.3 Å². The lowest BCUT2D eigenvalue weighted by Gasteiger charge is -2.22. The van der Waals surface area contributed by atoms with Crippen molar-refractivity contribution in [2.24, 2.45) is 5.92 Å². The van der Waals surface area contributed by atoms with Crippen LogP contribution < -0.4 is 5.32 Å². The van der Waals surface area contributed by atoms with Gasteiger partial charge in [-0.25, -0.2) is 13.2 Å². The van der Waals surface area contributed by atoms with Crippen molar-refractivity contribution in [2.45, 2.75) is 31.6 Å². The third kappa shape index (κ3) is 3.48. The zero-order chi connectivity index (χ0) is 13.0. The van der Waals surface area contributed by atoms with E-state index in [9.17, 15) is 13.2 Å². The number of rotatable bonds is 3. The highest BCUT2D eigenvalue weighted by atomic mass is 19.3. The van der Waals surface area contributed by atoms with Crippen molar-refractivity contribution in [2.75, 3.05) is 13.1 Å². The minimum Gasteiger partial charge on any atom is -0.317 e. The van der Waals surface area contributed by atoms with Crippen molar-refractivity contribution in [1.82, 2.24) is 5.32 Å². The van der Waals surface area contributed by atoms with E-state index >= 15 is 0 Å². The van der Waals surface area contributed by atoms with Crippen molar-refractivity contribution in [3.05, 3.63) is 35.6 Å². The smallest absolute Gasteiger partial charge is 0.273 e. The number of nitrogens with one attached hydrogen (secondary N) is 1. The van der Waals surface area contributed by atoms with E-state index in [0.717, 1.165) is 38.4 Å². The first-order chi connectivity index (χ1) is 8.58. The lowest BCUT2D eigenvalue weighted by atomic mass is 9.90. The quantitative estimate of drug-likeness (QED) is 0.870. The number of hydrogen-bond acceptors (Lipinski definition) is 1. The van der Waals surface area contributed by atoms with Gasteiger partial charge in [0, 0.05) is 12.0 Å². The molecule has 0 spiro atoms. The van der Waals surface area contributed by atoms with Crippen molar-refractivity contribution < 1.29 is 13.2 Å². The summed E-state index contributed by atoms with van der Waals surface area (Å²) in [5, 5.41) is 3.21. The molecule has 1 unspecified atom stereocenters. The average molecular weight is 257 g/mol. The third-order valence-electron chi connectivity index (χ3n) is 3.49. The van der Waals surface area contributed by atoms with E-state index in [2.05, 4.69) is 5.32 Å². The van der Waals surface area contributed by atoms with Gasteiger partial charge in [0.2, 0.25) is 0 Å². The Morgan fingerprint density at radius 2 is 2.06 bits per heavy atom. The molecule has 1 fully saturated rings. The van der Waals surface area contributed by atoms with E-state index in [4.69, 9.17) is 0 Å². The van der Waals surface area contributed by atoms with Gasteiger partial charge in [0.1, 0.15) is 5.82 Å². The molecule has 4 heteroatoms. The van der Waals surface area contributed by atoms with Gasteiger partial charge < -0.3 is 5.32 Å². The summed E-state index contributed by atoms with van der Waals surface area (Å²) < 4.78 is 41.1. The predicted molar refractivity (Wildman–Crippen MR) is 65.1 cm³/mol. The highest BCUT2D eigenvalue weighted by molar-refractivity contribution is 5.21. The SMILES string of the molecule is Fc1cccc(C(F)(F)CC2CCCNCC2)c1. The summed E-state index contributed by atoms with van der Waals surface area (Å²) in [5.74, 6) is -3.52. The molecule has 1 aromatic carbocycles. The number of alkyl halides is 2. The Morgan fingerprint density at radius 3 is 2.83 bits per heavy atom. The van der Waals surface area contributed by atoms with Crippen LogP contribution in [0.1, 0.15) is 31.2 Å². The molecule has 0 aromatic heterocycles. The second-order valence-corrected chi connectivity index (χ2v) is 4.97. The Morgan fingerprint density at radius 1 is 1.22 bits per heavy atom. The second kappa shape index (κ2) is 5.74. The lowest BCUT2D eigenvalue weighted by molar-refractivity contribution is -0.0307. The van der Waals surface area contributed by atoms with Gasteiger partial charge >= 0.3 is 0 Å². The van der Waals surface area contributed by atoms with Crippen molar-refractivity contribution in [1.29, 1.82) is 0 Å². The molecule has 1 aromatic rings. The molecule has 1 heterocycles. The maximum Gasteiger partial charge on any atom is 0.273 e. The zero-order valence-electron chi connectivity index (χ0n) is 10.3. The predicted octanol–water partition coefficient (Wildman–Crippen LogP) is 3.70. The highest BCUT2D eigenvalue weighted by Crippen LogP contribution is 2.37. The summed E-state index contributed by atoms with van der Waals surface area (Å²) >= 11 is 0. The molecule has 1 aliphatic heterocycles. The van der Waals surface area contributed by atoms with Crippen LogP contribution in [0.25, 0.3) is 0 Å². The fraction of sp³-hybridized carbons (Fsp3) is 0.571. The summed E-state index contributed by atoms with van der Waals surface area (Å²) in [6.45, 7) is 1.70. The average Bonchev–Trinajstić information content (AvgIpc) is 2.57. The first-order valence-electron chi connectivity index (χ1n) is 6.42. The third-order valence-corrected chi connectivity index (χ3v) is 3.49. The summed E-state index contributed by atoms with van der Waals surface area (Å²) in [6, 6.07) is 4.77. The molecule has 1 nitrogen and oxygen atoms in total. The van der Waals surface area contributed by atoms with Gasteiger partial charge in [0.15, 0.2) is 0 Å². The summed E-state index contributed by atoms with van der Waals surface area (Å²) in [7, 11) is 0. The minimum atomic E-state index is -2.93. The van der Waals surface area contributed by atoms with Gasteiger partial charge in [-0.2, -0.15) is 0 Å². The molecule has 18 heavy (non-hydrogen) atoms. The standard InChI is InChI=1S/C14H18F3N/c15-13-5-1-4-12(9-13)14(16,17)10-11-3-2-7-18-8-6-11/h1,4-5,9,11,18H,2-3,6-8,10H2. The second-order valence-electron chi connectivity index (χ2n) is 4.97. The molecule has 1 N–H and O–H groups in total. The van der Waals surface area contributed by atoms with Crippen molar-refractivity contribution in [3.63, 3.8) is 0 Å². The van der Waals surface area contributed by atoms with Crippen LogP contribution in [0.5, 0.6) is 0 Å². The molecule has 0 aliphatic carbocycles. The minimum absolute atomic E-state index is 0.0123. The molecule has 1 atom stereocenters. The summed E-state index contributed by atoms with van der Waals surface area (Å²) in [4.78, 5) is 0. The fourth-order valence-electron chi connectivity index (χ4n) is 2.49. The van der Waals surface area contributed by atoms with E-state index in [0.29, 0.717) is 0 Å². The molecule has 1 saturated heterocycles. The normalized spacial score (nSPS) is 21.6. The highest BCUT2D eigenvalue weighted by Gasteiger charge is 2.34. The number of hydrogen-bond donors (Lipinski definition) is 1. The molecular formula is C14H18F3N. The Hall–Kier alpha value is -1.03. The van der Waals surface area contributed by atoms with E-state index in [-0.39, 0.29) is 17.9 Å². The van der Waals surface area contributed by atoms with Crippen LogP contribution in [-0.4, -0.2) is 13.1 Å². The van der Waals surface area contributed by atoms with Crippen LogP contribution >= 0.6 is 0 Å². The lowest BCUT2D eigenvalue weighted by Crippen LogP contribution is -2.20. The van der Waals surface area contributed by atoms with Gasteiger partial charge in [0.05, 0.1) is 0 Å². The van der Waals surface area contributed by atoms with E-state index in [1.165, 1.54) is 18.2 Å². The first-order valence-corrected chi connectivity index (χ1v) is 6.42. The van der Waals surface area contributed by atoms with Crippen LogP contribution in [0, 0.1) is 11.7 Å². The van der Waals surface area contributed by atoms with Gasteiger partial charge in [-0.1, -0.05) is 12.1 Å². The maximum atomic E-state index is 14.1. The van der Waals surface area contributed by atoms with Crippen LogP contribution in [0.4, 0.5) is 13.2 Å². The van der Waals surface area contributed by atoms with Crippen molar-refractivity contribution >= 4 is 0 Å². The molecule has 0 radical (unpaired) electrons. The first kappa shape index (κ1) is 13.4. The Labute approximate surface area is 105 Å². The Kier molecular flexibility index (Phi) is 4.27. The van der Waals surface area contributed by atoms with Gasteiger partial charge in [-0.05, 0) is 50.4 Å². The van der Waals surface area contributed by atoms with E-state index in [1.54, 1.807) is 0 Å². The molecule has 0 bridgehead atoms.